The first-order valence-corrected chi connectivity index (χ1v) is 6.69. The van der Waals surface area contributed by atoms with Crippen molar-refractivity contribution in [2.24, 2.45) is 5.73 Å². The second kappa shape index (κ2) is 4.90. The van der Waals surface area contributed by atoms with E-state index in [1.807, 2.05) is 21.0 Å². The van der Waals surface area contributed by atoms with Gasteiger partial charge < -0.3 is 15.7 Å². The molecule has 18 heavy (non-hydrogen) atoms. The fourth-order valence-electron chi connectivity index (χ4n) is 2.90. The van der Waals surface area contributed by atoms with E-state index < -0.39 is 0 Å². The van der Waals surface area contributed by atoms with Crippen LogP contribution < -0.4 is 5.73 Å². The molecular formula is C15H24N2O. The second-order valence-electron chi connectivity index (χ2n) is 5.90. The van der Waals surface area contributed by atoms with E-state index in [9.17, 15) is 5.11 Å². The molecule has 1 aromatic carbocycles. The highest BCUT2D eigenvalue weighted by atomic mass is 16.3. The molecule has 1 aliphatic carbocycles. The molecule has 0 bridgehead atoms. The highest BCUT2D eigenvalue weighted by Crippen LogP contribution is 2.38. The summed E-state index contributed by atoms with van der Waals surface area (Å²) >= 11 is 0. The topological polar surface area (TPSA) is 49.5 Å². The Hall–Kier alpha value is -1.06. The molecule has 1 aliphatic rings. The highest BCUT2D eigenvalue weighted by molar-refractivity contribution is 5.45. The molecule has 0 unspecified atom stereocenters. The van der Waals surface area contributed by atoms with Gasteiger partial charge in [0.15, 0.2) is 0 Å². The summed E-state index contributed by atoms with van der Waals surface area (Å²) in [5, 5.41) is 10.1. The van der Waals surface area contributed by atoms with Crippen molar-refractivity contribution in [3.8, 4) is 5.75 Å². The lowest BCUT2D eigenvalue weighted by Crippen LogP contribution is -2.33. The normalized spacial score (nSPS) is 18.5. The largest absolute Gasteiger partial charge is 0.507 e. The molecule has 0 aliphatic heterocycles. The third-order valence-corrected chi connectivity index (χ3v) is 3.94. The van der Waals surface area contributed by atoms with Crippen molar-refractivity contribution in [2.75, 3.05) is 14.1 Å². The van der Waals surface area contributed by atoms with E-state index in [1.54, 1.807) is 0 Å². The summed E-state index contributed by atoms with van der Waals surface area (Å²) in [6.07, 6.45) is 4.52. The number of aromatic hydroxyl groups is 1. The molecule has 0 spiro atoms. The van der Waals surface area contributed by atoms with Crippen LogP contribution in [0.5, 0.6) is 5.75 Å². The van der Waals surface area contributed by atoms with Gasteiger partial charge in [-0.2, -0.15) is 0 Å². The Morgan fingerprint density at radius 3 is 2.44 bits per heavy atom. The van der Waals surface area contributed by atoms with Crippen LogP contribution >= 0.6 is 0 Å². The van der Waals surface area contributed by atoms with E-state index in [-0.39, 0.29) is 5.54 Å². The fourth-order valence-corrected chi connectivity index (χ4v) is 2.90. The predicted molar refractivity (Wildman–Crippen MR) is 74.6 cm³/mol. The summed E-state index contributed by atoms with van der Waals surface area (Å²) in [7, 11) is 4.02. The van der Waals surface area contributed by atoms with E-state index in [2.05, 4.69) is 17.0 Å². The van der Waals surface area contributed by atoms with Gasteiger partial charge in [-0.25, -0.2) is 0 Å². The maximum Gasteiger partial charge on any atom is 0.122 e. The van der Waals surface area contributed by atoms with Crippen LogP contribution in [-0.2, 0) is 12.1 Å². The summed E-state index contributed by atoms with van der Waals surface area (Å²) < 4.78 is 0. The molecule has 3 nitrogen and oxygen atoms in total. The number of nitrogens with zero attached hydrogens (tertiary/aromatic N) is 1. The average Bonchev–Trinajstić information content (AvgIpc) is 2.72. The van der Waals surface area contributed by atoms with Gasteiger partial charge in [0.2, 0.25) is 0 Å². The first kappa shape index (κ1) is 13.4. The molecule has 1 saturated carbocycles. The zero-order valence-corrected chi connectivity index (χ0v) is 11.7. The van der Waals surface area contributed by atoms with Crippen LogP contribution in [0.25, 0.3) is 0 Å². The minimum atomic E-state index is -0.181. The number of rotatable bonds is 3. The summed E-state index contributed by atoms with van der Waals surface area (Å²) in [5.41, 5.74) is 9.42. The number of nitrogens with two attached hydrogens (primary N) is 1. The third kappa shape index (κ3) is 2.52. The molecule has 100 valence electrons. The number of hydrogen-bond donors (Lipinski definition) is 2. The predicted octanol–water partition coefficient (Wildman–Crippen LogP) is 2.49. The molecular weight excluding hydrogens is 224 g/mol. The van der Waals surface area contributed by atoms with Crippen molar-refractivity contribution in [1.82, 2.24) is 4.90 Å². The van der Waals surface area contributed by atoms with Crippen LogP contribution in [0.2, 0.25) is 0 Å². The van der Waals surface area contributed by atoms with Crippen LogP contribution in [0.15, 0.2) is 12.1 Å². The molecule has 1 fully saturated rings. The Morgan fingerprint density at radius 1 is 1.28 bits per heavy atom. The molecule has 0 atom stereocenters. The molecule has 2 rings (SSSR count). The standard InChI is InChI=1S/C15H24N2O/c1-11-8-13(15(16)6-4-5-7-15)9-12(14(11)18)10-17(2)3/h8-9,18H,4-7,10,16H2,1-3H3. The Kier molecular flexibility index (Phi) is 3.64. The van der Waals surface area contributed by atoms with Gasteiger partial charge >= 0.3 is 0 Å². The molecule has 0 amide bonds. The van der Waals surface area contributed by atoms with Crippen molar-refractivity contribution in [2.45, 2.75) is 44.7 Å². The summed E-state index contributed by atoms with van der Waals surface area (Å²) in [4.78, 5) is 2.07. The van der Waals surface area contributed by atoms with E-state index >= 15 is 0 Å². The van der Waals surface area contributed by atoms with Gasteiger partial charge in [-0.1, -0.05) is 18.9 Å². The van der Waals surface area contributed by atoms with Gasteiger partial charge in [-0.3, -0.25) is 0 Å². The summed E-state index contributed by atoms with van der Waals surface area (Å²) in [5.74, 6) is 0.411. The average molecular weight is 248 g/mol. The van der Waals surface area contributed by atoms with E-state index in [0.717, 1.165) is 30.5 Å². The Bertz CT molecular complexity index is 434. The van der Waals surface area contributed by atoms with Crippen molar-refractivity contribution in [3.63, 3.8) is 0 Å². The van der Waals surface area contributed by atoms with Crippen LogP contribution in [-0.4, -0.2) is 24.1 Å². The zero-order chi connectivity index (χ0) is 13.3. The molecule has 3 heteroatoms. The van der Waals surface area contributed by atoms with Gasteiger partial charge in [0.05, 0.1) is 0 Å². The fraction of sp³-hybridized carbons (Fsp3) is 0.600. The molecule has 3 N–H and O–H groups in total. The number of phenols is 1. The third-order valence-electron chi connectivity index (χ3n) is 3.94. The minimum absolute atomic E-state index is 0.181. The van der Waals surface area contributed by atoms with Gasteiger partial charge in [0, 0.05) is 17.6 Å². The maximum atomic E-state index is 10.1. The quantitative estimate of drug-likeness (QED) is 0.864. The first-order chi connectivity index (χ1) is 8.42. The SMILES string of the molecule is Cc1cc(C2(N)CCCC2)cc(CN(C)C)c1O. The number of phenolic OH excluding ortho intramolecular Hbond substituents is 1. The van der Waals surface area contributed by atoms with E-state index in [0.29, 0.717) is 5.75 Å². The van der Waals surface area contributed by atoms with Crippen LogP contribution in [0.3, 0.4) is 0 Å². The summed E-state index contributed by atoms with van der Waals surface area (Å²) in [6, 6.07) is 4.15. The van der Waals surface area contributed by atoms with Crippen molar-refractivity contribution < 1.29 is 5.11 Å². The smallest absolute Gasteiger partial charge is 0.122 e. The van der Waals surface area contributed by atoms with Gasteiger partial charge in [-0.05, 0) is 51.1 Å². The maximum absolute atomic E-state index is 10.1. The molecule has 0 heterocycles. The Balaban J connectivity index is 2.40. The molecule has 0 radical (unpaired) electrons. The van der Waals surface area contributed by atoms with Crippen LogP contribution in [0.1, 0.15) is 42.4 Å². The van der Waals surface area contributed by atoms with E-state index in [1.165, 1.54) is 18.4 Å². The van der Waals surface area contributed by atoms with Crippen molar-refractivity contribution in [3.05, 3.63) is 28.8 Å². The van der Waals surface area contributed by atoms with Crippen molar-refractivity contribution >= 4 is 0 Å². The number of aryl methyl sites for hydroxylation is 1. The minimum Gasteiger partial charge on any atom is -0.507 e. The second-order valence-corrected chi connectivity index (χ2v) is 5.90. The lowest BCUT2D eigenvalue weighted by Gasteiger charge is -2.26. The van der Waals surface area contributed by atoms with Gasteiger partial charge in [0.1, 0.15) is 5.75 Å². The molecule has 0 aromatic heterocycles. The number of hydrogen-bond acceptors (Lipinski definition) is 3. The van der Waals surface area contributed by atoms with Crippen LogP contribution in [0, 0.1) is 6.92 Å². The lowest BCUT2D eigenvalue weighted by atomic mass is 9.87. The van der Waals surface area contributed by atoms with E-state index in [4.69, 9.17) is 5.73 Å². The van der Waals surface area contributed by atoms with Gasteiger partial charge in [-0.15, -0.1) is 0 Å². The monoisotopic (exact) mass is 248 g/mol. The number of benzene rings is 1. The molecule has 1 aromatic rings. The Morgan fingerprint density at radius 2 is 1.89 bits per heavy atom. The molecule has 0 saturated heterocycles. The Labute approximate surface area is 110 Å². The van der Waals surface area contributed by atoms with Gasteiger partial charge in [0.25, 0.3) is 0 Å². The van der Waals surface area contributed by atoms with Crippen molar-refractivity contribution in [1.29, 1.82) is 0 Å². The zero-order valence-electron chi connectivity index (χ0n) is 11.7. The lowest BCUT2D eigenvalue weighted by molar-refractivity contribution is 0.382. The summed E-state index contributed by atoms with van der Waals surface area (Å²) in [6.45, 7) is 2.70. The van der Waals surface area contributed by atoms with Crippen LogP contribution in [0.4, 0.5) is 0 Å². The highest BCUT2D eigenvalue weighted by Gasteiger charge is 2.32. The first-order valence-electron chi connectivity index (χ1n) is 6.69.